The number of aliphatic carboxylic acids is 1. The Morgan fingerprint density at radius 1 is 1.43 bits per heavy atom. The lowest BCUT2D eigenvalue weighted by atomic mass is 9.83. The minimum Gasteiger partial charge on any atom is -0.543 e. The zero-order valence-electron chi connectivity index (χ0n) is 17.0. The van der Waals surface area contributed by atoms with Crippen LogP contribution in [0.1, 0.15) is 26.7 Å². The summed E-state index contributed by atoms with van der Waals surface area (Å²) in [5.41, 5.74) is -0.0509. The Kier molecular flexibility index (Phi) is 5.55. The van der Waals surface area contributed by atoms with Gasteiger partial charge in [-0.05, 0) is 13.8 Å². The van der Waals surface area contributed by atoms with E-state index in [1.54, 1.807) is 25.9 Å². The van der Waals surface area contributed by atoms with Gasteiger partial charge in [-0.25, -0.2) is 0 Å². The van der Waals surface area contributed by atoms with E-state index >= 15 is 0 Å². The van der Waals surface area contributed by atoms with Crippen molar-refractivity contribution in [3.63, 3.8) is 0 Å². The highest BCUT2D eigenvalue weighted by molar-refractivity contribution is 8.03. The molecule has 3 rings (SSSR count). The van der Waals surface area contributed by atoms with Crippen LogP contribution in [-0.4, -0.2) is 94.8 Å². The summed E-state index contributed by atoms with van der Waals surface area (Å²) in [5, 5.41) is 21.7. The number of carboxylic acids is 1. The quantitative estimate of drug-likeness (QED) is 0.444. The fourth-order valence-corrected chi connectivity index (χ4v) is 6.45. The number of carbonyl (C=O) groups is 3. The van der Waals surface area contributed by atoms with E-state index < -0.39 is 18.0 Å². The molecule has 2 saturated heterocycles. The summed E-state index contributed by atoms with van der Waals surface area (Å²) >= 11 is 1.46. The van der Waals surface area contributed by atoms with E-state index in [2.05, 4.69) is 14.0 Å². The average Bonchev–Trinajstić information content (AvgIpc) is 3.09. The first-order chi connectivity index (χ1) is 13.0. The molecule has 3 aliphatic heterocycles. The van der Waals surface area contributed by atoms with E-state index in [-0.39, 0.29) is 34.8 Å². The number of hydrogen-bond acceptors (Lipinski definition) is 6. The fraction of sp³-hybridized carbons (Fsp3) is 0.737. The van der Waals surface area contributed by atoms with Crippen molar-refractivity contribution in [1.29, 1.82) is 0 Å². The number of rotatable bonds is 6. The molecule has 0 bridgehead atoms. The van der Waals surface area contributed by atoms with Crippen LogP contribution in [0, 0.1) is 5.92 Å². The number of carboxylic acid groups (broad SMARTS) is 1. The van der Waals surface area contributed by atoms with E-state index in [1.165, 1.54) is 16.7 Å². The lowest BCUT2D eigenvalue weighted by molar-refractivity contribution is -0.910. The minimum atomic E-state index is -1.35. The smallest absolute Gasteiger partial charge is 0.280 e. The summed E-state index contributed by atoms with van der Waals surface area (Å²) in [4.78, 5) is 40.2. The minimum absolute atomic E-state index is 0.0509. The number of thioether (sulfide) groups is 1. The second-order valence-corrected chi connectivity index (χ2v) is 9.90. The molecule has 0 radical (unpaired) electrons. The summed E-state index contributed by atoms with van der Waals surface area (Å²) in [5.74, 6) is -2.18. The number of aliphatic hydroxyl groups excluding tert-OH is 1. The van der Waals surface area contributed by atoms with Crippen molar-refractivity contribution in [2.75, 3.05) is 34.2 Å². The molecule has 9 heteroatoms. The number of nitrogens with zero attached hydrogens (tertiary/aromatic N) is 3. The van der Waals surface area contributed by atoms with Crippen LogP contribution in [0.2, 0.25) is 0 Å². The number of hydrogen-bond donors (Lipinski definition) is 1. The summed E-state index contributed by atoms with van der Waals surface area (Å²) in [7, 11) is 5.57. The second kappa shape index (κ2) is 7.35. The Hall–Kier alpha value is -1.58. The Morgan fingerprint density at radius 3 is 2.57 bits per heavy atom. The number of fused-ring (bicyclic) bond motifs is 1. The summed E-state index contributed by atoms with van der Waals surface area (Å²) in [6, 6.07) is -0.467. The average molecular weight is 412 g/mol. The van der Waals surface area contributed by atoms with Crippen molar-refractivity contribution in [2.24, 2.45) is 5.92 Å². The van der Waals surface area contributed by atoms with E-state index in [4.69, 9.17) is 0 Å². The topological polar surface area (TPSA) is 101 Å². The van der Waals surface area contributed by atoms with Crippen molar-refractivity contribution < 1.29 is 29.1 Å². The lowest BCUT2D eigenvalue weighted by Crippen LogP contribution is -2.62. The molecule has 6 atom stereocenters. The third-order valence-corrected chi connectivity index (χ3v) is 7.82. The van der Waals surface area contributed by atoms with Crippen molar-refractivity contribution in [1.82, 2.24) is 9.80 Å². The van der Waals surface area contributed by atoms with Gasteiger partial charge in [-0.15, -0.1) is 11.8 Å². The summed E-state index contributed by atoms with van der Waals surface area (Å²) in [6.07, 6.45) is 0.275. The molecule has 0 spiro atoms. The van der Waals surface area contributed by atoms with Gasteiger partial charge in [0.1, 0.15) is 0 Å². The largest absolute Gasteiger partial charge is 0.543 e. The van der Waals surface area contributed by atoms with E-state index in [0.717, 1.165) is 13.1 Å². The molecule has 1 N–H and O–H groups in total. The Balaban J connectivity index is 1.81. The van der Waals surface area contributed by atoms with E-state index in [9.17, 15) is 24.6 Å². The molecule has 3 heterocycles. The zero-order valence-corrected chi connectivity index (χ0v) is 17.9. The first kappa shape index (κ1) is 21.1. The second-order valence-electron chi connectivity index (χ2n) is 8.51. The van der Waals surface area contributed by atoms with Gasteiger partial charge in [0.05, 0.1) is 55.1 Å². The SMILES string of the molecule is CC[N+]1(C)C[C@@H](SC2=C(C(=O)[O-])N3C(=O)[C@H]([C@@H](C)O)[C@H]3C2)C[C@H]1C(=O)N(C)C. The van der Waals surface area contributed by atoms with Gasteiger partial charge in [-0.2, -0.15) is 0 Å². The Morgan fingerprint density at radius 2 is 2.07 bits per heavy atom. The third-order valence-electron chi connectivity index (χ3n) is 6.50. The van der Waals surface area contributed by atoms with Crippen molar-refractivity contribution >= 4 is 29.5 Å². The highest BCUT2D eigenvalue weighted by Gasteiger charge is 2.56. The van der Waals surface area contributed by atoms with Gasteiger partial charge in [-0.3, -0.25) is 9.59 Å². The molecule has 2 amide bonds. The molecule has 156 valence electrons. The molecular formula is C19H29N3O5S. The molecule has 0 aromatic rings. The highest BCUT2D eigenvalue weighted by Crippen LogP contribution is 2.49. The molecule has 0 saturated carbocycles. The van der Waals surface area contributed by atoms with Gasteiger partial charge in [0, 0.05) is 31.8 Å². The van der Waals surface area contributed by atoms with Gasteiger partial charge in [0.15, 0.2) is 6.04 Å². The molecule has 0 aromatic carbocycles. The number of quaternary nitrogens is 1. The lowest BCUT2D eigenvalue weighted by Gasteiger charge is -2.45. The number of carbonyl (C=O) groups excluding carboxylic acids is 3. The molecule has 8 nitrogen and oxygen atoms in total. The number of likely N-dealkylation sites (tertiary alicyclic amines) is 1. The van der Waals surface area contributed by atoms with Crippen LogP contribution < -0.4 is 5.11 Å². The molecule has 0 aliphatic carbocycles. The van der Waals surface area contributed by atoms with Crippen LogP contribution in [-0.2, 0) is 14.4 Å². The van der Waals surface area contributed by atoms with Crippen LogP contribution in [0.4, 0.5) is 0 Å². The van der Waals surface area contributed by atoms with Crippen LogP contribution in [0.5, 0.6) is 0 Å². The van der Waals surface area contributed by atoms with Crippen molar-refractivity contribution in [2.45, 2.75) is 50.1 Å². The summed E-state index contributed by atoms with van der Waals surface area (Å²) < 4.78 is 0.616. The normalized spacial score (nSPS) is 35.6. The fourth-order valence-electron chi connectivity index (χ4n) is 4.80. The number of amides is 2. The molecular weight excluding hydrogens is 382 g/mol. The van der Waals surface area contributed by atoms with Crippen LogP contribution in [0.15, 0.2) is 10.6 Å². The molecule has 0 aromatic heterocycles. The summed E-state index contributed by atoms with van der Waals surface area (Å²) in [6.45, 7) is 5.18. The van der Waals surface area contributed by atoms with Gasteiger partial charge < -0.3 is 29.3 Å². The first-order valence-electron chi connectivity index (χ1n) is 9.69. The monoisotopic (exact) mass is 411 g/mol. The number of likely N-dealkylation sites (N-methyl/N-ethyl adjacent to an activating group) is 2. The molecule has 3 aliphatic rings. The maximum atomic E-state index is 12.7. The highest BCUT2D eigenvalue weighted by atomic mass is 32.2. The van der Waals surface area contributed by atoms with E-state index in [1.807, 2.05) is 0 Å². The molecule has 28 heavy (non-hydrogen) atoms. The number of aliphatic hydroxyl groups is 1. The number of β-lactam (4-membered cyclic amide) rings is 1. The predicted molar refractivity (Wildman–Crippen MR) is 103 cm³/mol. The maximum Gasteiger partial charge on any atom is 0.280 e. The van der Waals surface area contributed by atoms with Gasteiger partial charge in [0.25, 0.3) is 5.91 Å². The third kappa shape index (κ3) is 3.23. The van der Waals surface area contributed by atoms with Crippen LogP contribution in [0.3, 0.4) is 0 Å². The zero-order chi connectivity index (χ0) is 21.0. The maximum absolute atomic E-state index is 12.7. The van der Waals surface area contributed by atoms with Crippen molar-refractivity contribution in [3.05, 3.63) is 10.6 Å². The van der Waals surface area contributed by atoms with Crippen molar-refractivity contribution in [3.8, 4) is 0 Å². The van der Waals surface area contributed by atoms with Gasteiger partial charge in [-0.1, -0.05) is 0 Å². The predicted octanol–water partition coefficient (Wildman–Crippen LogP) is -1.01. The van der Waals surface area contributed by atoms with Crippen LogP contribution in [0.25, 0.3) is 0 Å². The van der Waals surface area contributed by atoms with Crippen LogP contribution >= 0.6 is 11.8 Å². The Labute approximate surface area is 169 Å². The molecule has 1 unspecified atom stereocenters. The first-order valence-corrected chi connectivity index (χ1v) is 10.6. The Bertz CT molecular complexity index is 737. The van der Waals surface area contributed by atoms with Gasteiger partial charge in [0.2, 0.25) is 5.91 Å². The van der Waals surface area contributed by atoms with E-state index in [0.29, 0.717) is 22.2 Å². The molecule has 2 fully saturated rings. The van der Waals surface area contributed by atoms with Gasteiger partial charge >= 0.3 is 0 Å². The standard InChI is InChI=1S/C19H29N3O5S/c1-6-22(5)9-11(7-13(22)17(24)20(3)4)28-14-8-12-15(10(2)23)18(25)21(12)16(14)19(26)27/h10-13,15,23H,6-9H2,1-5H3/t10-,11+,12-,13+,15-,22?/m1/s1.